The van der Waals surface area contributed by atoms with E-state index in [2.05, 4.69) is 20.2 Å². The Hall–Kier alpha value is -3.35. The number of carbonyl (C=O) groups is 2. The van der Waals surface area contributed by atoms with Crippen LogP contribution >= 0.6 is 0 Å². The Morgan fingerprint density at radius 3 is 2.75 bits per heavy atom. The molecule has 1 saturated heterocycles. The van der Waals surface area contributed by atoms with Crippen molar-refractivity contribution in [3.8, 4) is 0 Å². The zero-order chi connectivity index (χ0) is 22.5. The number of imidazole rings is 1. The molecule has 32 heavy (non-hydrogen) atoms. The number of hydrogen-bond acceptors (Lipinski definition) is 4. The smallest absolute Gasteiger partial charge is 0.251 e. The van der Waals surface area contributed by atoms with Gasteiger partial charge in [-0.25, -0.2) is 4.98 Å². The first-order chi connectivity index (χ1) is 15.6. The van der Waals surface area contributed by atoms with Crippen molar-refractivity contribution in [1.82, 2.24) is 20.2 Å². The molecule has 7 nitrogen and oxygen atoms in total. The number of nitrogens with zero attached hydrogens (tertiary/aromatic N) is 3. The molecule has 1 aliphatic heterocycles. The summed E-state index contributed by atoms with van der Waals surface area (Å²) in [6, 6.07) is 15.5. The predicted octanol–water partition coefficient (Wildman–Crippen LogP) is 3.58. The first-order valence-corrected chi connectivity index (χ1v) is 11.4. The molecule has 2 amide bonds. The number of anilines is 1. The molecule has 2 N–H and O–H groups in total. The normalized spacial score (nSPS) is 16.2. The standard InChI is InChI=1S/C25H31N5O2/c1-3-29(4-2)25(32)19-10-8-14-30(17-19)20-11-7-9-18(15-20)24(31)26-16-23-27-21-12-5-6-13-22(21)28-23/h5-7,9,11-13,15,19H,3-4,8,10,14,16-17H2,1-2H3,(H,26,31)(H,27,28). The van der Waals surface area contributed by atoms with Crippen molar-refractivity contribution in [2.45, 2.75) is 33.2 Å². The number of H-pyrrole nitrogens is 1. The van der Waals surface area contributed by atoms with Crippen LogP contribution in [0, 0.1) is 5.92 Å². The lowest BCUT2D eigenvalue weighted by atomic mass is 9.95. The van der Waals surface area contributed by atoms with Crippen molar-refractivity contribution < 1.29 is 9.59 Å². The van der Waals surface area contributed by atoms with Crippen LogP contribution in [0.4, 0.5) is 5.69 Å². The molecule has 0 aliphatic carbocycles. The highest BCUT2D eigenvalue weighted by Gasteiger charge is 2.28. The van der Waals surface area contributed by atoms with Gasteiger partial charge in [0.05, 0.1) is 23.5 Å². The molecule has 1 atom stereocenters. The van der Waals surface area contributed by atoms with Gasteiger partial charge >= 0.3 is 0 Å². The number of rotatable bonds is 7. The molecule has 0 radical (unpaired) electrons. The third-order valence-electron chi connectivity index (χ3n) is 6.17. The third kappa shape index (κ3) is 4.77. The fourth-order valence-electron chi connectivity index (χ4n) is 4.41. The Labute approximate surface area is 188 Å². The molecule has 2 heterocycles. The van der Waals surface area contributed by atoms with Gasteiger partial charge in [0.2, 0.25) is 5.91 Å². The Morgan fingerprint density at radius 2 is 1.97 bits per heavy atom. The van der Waals surface area contributed by atoms with E-state index in [1.807, 2.05) is 67.3 Å². The van der Waals surface area contributed by atoms with Crippen molar-refractivity contribution >= 4 is 28.5 Å². The summed E-state index contributed by atoms with van der Waals surface area (Å²) in [4.78, 5) is 37.5. The van der Waals surface area contributed by atoms with Gasteiger partial charge in [-0.2, -0.15) is 0 Å². The minimum atomic E-state index is -0.139. The summed E-state index contributed by atoms with van der Waals surface area (Å²) >= 11 is 0. The lowest BCUT2D eigenvalue weighted by Gasteiger charge is -2.36. The molecule has 1 aliphatic rings. The van der Waals surface area contributed by atoms with Crippen molar-refractivity contribution in [3.05, 3.63) is 59.9 Å². The topological polar surface area (TPSA) is 81.3 Å². The molecule has 0 spiro atoms. The first-order valence-electron chi connectivity index (χ1n) is 11.4. The highest BCUT2D eigenvalue weighted by molar-refractivity contribution is 5.95. The minimum Gasteiger partial charge on any atom is -0.371 e. The van der Waals surface area contributed by atoms with Crippen molar-refractivity contribution in [1.29, 1.82) is 0 Å². The van der Waals surface area contributed by atoms with Crippen LogP contribution in [-0.2, 0) is 11.3 Å². The van der Waals surface area contributed by atoms with Gasteiger partial charge in [-0.3, -0.25) is 9.59 Å². The number of nitrogens with one attached hydrogen (secondary N) is 2. The van der Waals surface area contributed by atoms with Crippen molar-refractivity contribution in [3.63, 3.8) is 0 Å². The second-order valence-electron chi connectivity index (χ2n) is 8.23. The fourth-order valence-corrected chi connectivity index (χ4v) is 4.41. The number of para-hydroxylation sites is 2. The maximum absolute atomic E-state index is 12.8. The van der Waals surface area contributed by atoms with Gasteiger partial charge in [0.25, 0.3) is 5.91 Å². The molecule has 2 aromatic carbocycles. The van der Waals surface area contributed by atoms with Crippen LogP contribution in [0.15, 0.2) is 48.5 Å². The largest absolute Gasteiger partial charge is 0.371 e. The number of hydrogen-bond donors (Lipinski definition) is 2. The maximum atomic E-state index is 12.8. The number of amides is 2. The van der Waals surface area contributed by atoms with Crippen LogP contribution < -0.4 is 10.2 Å². The number of aromatic amines is 1. The highest BCUT2D eigenvalue weighted by Crippen LogP contribution is 2.25. The molecular formula is C25H31N5O2. The quantitative estimate of drug-likeness (QED) is 0.597. The van der Waals surface area contributed by atoms with Gasteiger partial charge in [0.1, 0.15) is 5.82 Å². The van der Waals surface area contributed by atoms with Crippen LogP contribution in [-0.4, -0.2) is 52.9 Å². The Bertz CT molecular complexity index is 1060. The summed E-state index contributed by atoms with van der Waals surface area (Å²) in [6.07, 6.45) is 1.89. The zero-order valence-electron chi connectivity index (χ0n) is 18.8. The molecule has 168 valence electrons. The van der Waals surface area contributed by atoms with E-state index in [0.717, 1.165) is 55.0 Å². The van der Waals surface area contributed by atoms with Crippen LogP contribution in [0.25, 0.3) is 11.0 Å². The summed E-state index contributed by atoms with van der Waals surface area (Å²) in [5.74, 6) is 0.832. The van der Waals surface area contributed by atoms with Crippen LogP contribution in [0.1, 0.15) is 42.9 Å². The molecule has 0 bridgehead atoms. The Balaban J connectivity index is 1.41. The summed E-state index contributed by atoms with van der Waals surface area (Å²) < 4.78 is 0. The maximum Gasteiger partial charge on any atom is 0.251 e. The molecule has 1 aromatic heterocycles. The van der Waals surface area contributed by atoms with E-state index in [9.17, 15) is 9.59 Å². The van der Waals surface area contributed by atoms with Gasteiger partial charge in [-0.15, -0.1) is 0 Å². The van der Waals surface area contributed by atoms with Gasteiger partial charge in [-0.1, -0.05) is 18.2 Å². The molecule has 4 rings (SSSR count). The van der Waals surface area contributed by atoms with E-state index < -0.39 is 0 Å². The molecule has 1 fully saturated rings. The van der Waals surface area contributed by atoms with Gasteiger partial charge < -0.3 is 20.1 Å². The number of benzene rings is 2. The van der Waals surface area contributed by atoms with E-state index in [1.54, 1.807) is 0 Å². The van der Waals surface area contributed by atoms with Crippen molar-refractivity contribution in [2.24, 2.45) is 5.92 Å². The fraction of sp³-hybridized carbons (Fsp3) is 0.400. The van der Waals surface area contributed by atoms with Crippen LogP contribution in [0.2, 0.25) is 0 Å². The molecular weight excluding hydrogens is 402 g/mol. The number of piperidine rings is 1. The van der Waals surface area contributed by atoms with Gasteiger partial charge in [-0.05, 0) is 57.0 Å². The monoisotopic (exact) mass is 433 g/mol. The molecule has 7 heteroatoms. The van der Waals surface area contributed by atoms with E-state index >= 15 is 0 Å². The van der Waals surface area contributed by atoms with E-state index in [4.69, 9.17) is 0 Å². The third-order valence-corrected chi connectivity index (χ3v) is 6.17. The van der Waals surface area contributed by atoms with Gasteiger partial charge in [0, 0.05) is 37.4 Å². The number of carbonyl (C=O) groups excluding carboxylic acids is 2. The van der Waals surface area contributed by atoms with Crippen LogP contribution in [0.5, 0.6) is 0 Å². The lowest BCUT2D eigenvalue weighted by Crippen LogP contribution is -2.45. The molecule has 0 saturated carbocycles. The number of fused-ring (bicyclic) bond motifs is 1. The SMILES string of the molecule is CCN(CC)C(=O)C1CCCN(c2cccc(C(=O)NCc3nc4ccccc4[nH]3)c2)C1. The number of aromatic nitrogens is 2. The lowest BCUT2D eigenvalue weighted by molar-refractivity contribution is -0.135. The summed E-state index contributed by atoms with van der Waals surface area (Å²) in [7, 11) is 0. The van der Waals surface area contributed by atoms with Crippen molar-refractivity contribution in [2.75, 3.05) is 31.1 Å². The summed E-state index contributed by atoms with van der Waals surface area (Å²) in [6.45, 7) is 7.46. The van der Waals surface area contributed by atoms with Crippen LogP contribution in [0.3, 0.4) is 0 Å². The van der Waals surface area contributed by atoms with E-state index in [0.29, 0.717) is 18.7 Å². The minimum absolute atomic E-state index is 0.00853. The second kappa shape index (κ2) is 9.85. The van der Waals surface area contributed by atoms with E-state index in [-0.39, 0.29) is 17.7 Å². The average molecular weight is 434 g/mol. The second-order valence-corrected chi connectivity index (χ2v) is 8.23. The van der Waals surface area contributed by atoms with Gasteiger partial charge in [0.15, 0.2) is 0 Å². The predicted molar refractivity (Wildman–Crippen MR) is 127 cm³/mol. The summed E-state index contributed by atoms with van der Waals surface area (Å²) in [5.41, 5.74) is 3.43. The molecule has 1 unspecified atom stereocenters. The molecule has 3 aromatic rings. The Morgan fingerprint density at radius 1 is 1.16 bits per heavy atom. The van der Waals surface area contributed by atoms with E-state index in [1.165, 1.54) is 0 Å². The highest BCUT2D eigenvalue weighted by atomic mass is 16.2. The Kier molecular flexibility index (Phi) is 6.73. The first kappa shape index (κ1) is 21.9. The zero-order valence-corrected chi connectivity index (χ0v) is 18.8. The summed E-state index contributed by atoms with van der Waals surface area (Å²) in [5, 5.41) is 2.95. The average Bonchev–Trinajstić information content (AvgIpc) is 3.26.